The van der Waals surface area contributed by atoms with Crippen molar-refractivity contribution in [3.05, 3.63) is 34.6 Å². The maximum absolute atomic E-state index is 12.5. The van der Waals surface area contributed by atoms with Gasteiger partial charge in [0, 0.05) is 5.02 Å². The minimum atomic E-state index is -0.221. The summed E-state index contributed by atoms with van der Waals surface area (Å²) in [5.74, 6) is -0.221. The SMILES string of the molecule is C=O.CC.CCc1cc(F)ccc1Cl. The van der Waals surface area contributed by atoms with Gasteiger partial charge >= 0.3 is 0 Å². The summed E-state index contributed by atoms with van der Waals surface area (Å²) < 4.78 is 12.5. The maximum atomic E-state index is 12.5. The fourth-order valence-corrected chi connectivity index (χ4v) is 1.07. The monoisotopic (exact) mass is 218 g/mol. The number of hydrogen-bond acceptors (Lipinski definition) is 1. The summed E-state index contributed by atoms with van der Waals surface area (Å²) in [6.45, 7) is 7.95. The molecule has 0 saturated carbocycles. The Hall–Kier alpha value is -0.890. The number of rotatable bonds is 1. The molecule has 0 aliphatic rings. The molecule has 0 aliphatic carbocycles. The van der Waals surface area contributed by atoms with Gasteiger partial charge in [0.05, 0.1) is 0 Å². The molecule has 1 rings (SSSR count). The summed E-state index contributed by atoms with van der Waals surface area (Å²) in [5.41, 5.74) is 0.863. The Bertz CT molecular complexity index is 251. The molecular formula is C11H16ClFO. The number of benzene rings is 1. The second kappa shape index (κ2) is 10.2. The van der Waals surface area contributed by atoms with E-state index < -0.39 is 0 Å². The first-order valence-corrected chi connectivity index (χ1v) is 4.84. The number of halogens is 2. The van der Waals surface area contributed by atoms with E-state index in [4.69, 9.17) is 16.4 Å². The van der Waals surface area contributed by atoms with Crippen LogP contribution in [0, 0.1) is 5.82 Å². The van der Waals surface area contributed by atoms with Crippen molar-refractivity contribution in [3.8, 4) is 0 Å². The van der Waals surface area contributed by atoms with Crippen LogP contribution in [-0.4, -0.2) is 6.79 Å². The van der Waals surface area contributed by atoms with E-state index >= 15 is 0 Å². The van der Waals surface area contributed by atoms with Crippen LogP contribution in [0.1, 0.15) is 26.3 Å². The average Bonchev–Trinajstić information content (AvgIpc) is 2.27. The molecule has 0 heterocycles. The van der Waals surface area contributed by atoms with Crippen molar-refractivity contribution in [3.63, 3.8) is 0 Å². The number of aryl methyl sites for hydroxylation is 1. The van der Waals surface area contributed by atoms with E-state index in [0.29, 0.717) is 5.02 Å². The van der Waals surface area contributed by atoms with Crippen molar-refractivity contribution in [2.24, 2.45) is 0 Å². The van der Waals surface area contributed by atoms with Crippen LogP contribution in [0.5, 0.6) is 0 Å². The van der Waals surface area contributed by atoms with Crippen LogP contribution in [0.15, 0.2) is 18.2 Å². The Kier molecular flexibility index (Phi) is 11.3. The van der Waals surface area contributed by atoms with Crippen LogP contribution in [-0.2, 0) is 11.2 Å². The highest BCUT2D eigenvalue weighted by atomic mass is 35.5. The quantitative estimate of drug-likeness (QED) is 0.699. The van der Waals surface area contributed by atoms with Gasteiger partial charge in [-0.05, 0) is 30.2 Å². The van der Waals surface area contributed by atoms with Crippen LogP contribution < -0.4 is 0 Å². The first kappa shape index (κ1) is 15.6. The molecule has 0 aliphatic heterocycles. The van der Waals surface area contributed by atoms with Crippen molar-refractivity contribution < 1.29 is 9.18 Å². The summed E-state index contributed by atoms with van der Waals surface area (Å²) in [4.78, 5) is 8.00. The molecular weight excluding hydrogens is 203 g/mol. The van der Waals surface area contributed by atoms with Crippen LogP contribution >= 0.6 is 11.6 Å². The third-order valence-electron chi connectivity index (χ3n) is 1.39. The van der Waals surface area contributed by atoms with Gasteiger partial charge in [-0.2, -0.15) is 0 Å². The summed E-state index contributed by atoms with van der Waals surface area (Å²) in [6, 6.07) is 4.40. The predicted octanol–water partition coefficient (Wildman–Crippen LogP) is 3.88. The Morgan fingerprint density at radius 1 is 1.36 bits per heavy atom. The van der Waals surface area contributed by atoms with Gasteiger partial charge in [0.2, 0.25) is 0 Å². The molecule has 1 aromatic carbocycles. The van der Waals surface area contributed by atoms with E-state index in [9.17, 15) is 4.39 Å². The summed E-state index contributed by atoms with van der Waals surface area (Å²) in [6.07, 6.45) is 0.774. The molecule has 0 saturated heterocycles. The molecule has 1 aromatic rings. The Labute approximate surface area is 89.9 Å². The van der Waals surface area contributed by atoms with E-state index in [2.05, 4.69) is 0 Å². The minimum Gasteiger partial charge on any atom is -0.307 e. The normalized spacial score (nSPS) is 7.79. The third kappa shape index (κ3) is 5.70. The smallest absolute Gasteiger partial charge is 0.123 e. The van der Waals surface area contributed by atoms with Crippen LogP contribution in [0.3, 0.4) is 0 Å². The highest BCUT2D eigenvalue weighted by Crippen LogP contribution is 2.16. The second-order valence-corrected chi connectivity index (χ2v) is 2.50. The molecule has 0 unspecified atom stereocenters. The zero-order chi connectivity index (χ0) is 11.6. The molecule has 0 aromatic heterocycles. The van der Waals surface area contributed by atoms with Gasteiger partial charge in [0.25, 0.3) is 0 Å². The summed E-state index contributed by atoms with van der Waals surface area (Å²) >= 11 is 5.73. The molecule has 0 amide bonds. The molecule has 0 spiro atoms. The summed E-state index contributed by atoms with van der Waals surface area (Å²) in [7, 11) is 0. The highest BCUT2D eigenvalue weighted by molar-refractivity contribution is 6.31. The number of carbonyl (C=O) groups excluding carboxylic acids is 1. The molecule has 1 nitrogen and oxygen atoms in total. The van der Waals surface area contributed by atoms with Gasteiger partial charge in [0.1, 0.15) is 12.6 Å². The van der Waals surface area contributed by atoms with Crippen LogP contribution in [0.2, 0.25) is 5.02 Å². The third-order valence-corrected chi connectivity index (χ3v) is 1.76. The van der Waals surface area contributed by atoms with Gasteiger partial charge in [-0.25, -0.2) is 4.39 Å². The molecule has 0 radical (unpaired) electrons. The minimum absolute atomic E-state index is 0.221. The summed E-state index contributed by atoms with van der Waals surface area (Å²) in [5, 5.41) is 0.643. The Balaban J connectivity index is 0. The highest BCUT2D eigenvalue weighted by Gasteiger charge is 1.97. The van der Waals surface area contributed by atoms with Crippen molar-refractivity contribution >= 4 is 18.4 Å². The van der Waals surface area contributed by atoms with Gasteiger partial charge in [-0.3, -0.25) is 0 Å². The van der Waals surface area contributed by atoms with E-state index in [-0.39, 0.29) is 5.82 Å². The van der Waals surface area contributed by atoms with Crippen molar-refractivity contribution in [1.29, 1.82) is 0 Å². The lowest BCUT2D eigenvalue weighted by Crippen LogP contribution is -1.83. The first-order chi connectivity index (χ1) is 6.74. The number of hydrogen-bond donors (Lipinski definition) is 0. The van der Waals surface area contributed by atoms with Gasteiger partial charge < -0.3 is 4.79 Å². The molecule has 80 valence electrons. The zero-order valence-corrected chi connectivity index (χ0v) is 9.57. The van der Waals surface area contributed by atoms with Gasteiger partial charge in [-0.15, -0.1) is 0 Å². The topological polar surface area (TPSA) is 17.1 Å². The van der Waals surface area contributed by atoms with Crippen LogP contribution in [0.25, 0.3) is 0 Å². The molecule has 0 N–H and O–H groups in total. The van der Waals surface area contributed by atoms with E-state index in [1.165, 1.54) is 12.1 Å². The zero-order valence-electron chi connectivity index (χ0n) is 8.81. The standard InChI is InChI=1S/C8H8ClF.C2H6.CH2O/c1-2-6-5-7(10)3-4-8(6)9;2*1-2/h3-5H,2H2,1H3;1-2H3;1H2. The fourth-order valence-electron chi connectivity index (χ4n) is 0.814. The lowest BCUT2D eigenvalue weighted by atomic mass is 10.2. The predicted molar refractivity (Wildman–Crippen MR) is 59.3 cm³/mol. The van der Waals surface area contributed by atoms with Crippen molar-refractivity contribution in [1.82, 2.24) is 0 Å². The van der Waals surface area contributed by atoms with Crippen molar-refractivity contribution in [2.75, 3.05) is 0 Å². The molecule has 14 heavy (non-hydrogen) atoms. The van der Waals surface area contributed by atoms with E-state index in [1.54, 1.807) is 6.07 Å². The fraction of sp³-hybridized carbons (Fsp3) is 0.364. The molecule has 0 fully saturated rings. The van der Waals surface area contributed by atoms with Gasteiger partial charge in [0.15, 0.2) is 0 Å². The second-order valence-electron chi connectivity index (χ2n) is 2.09. The largest absolute Gasteiger partial charge is 0.307 e. The number of carbonyl (C=O) groups is 1. The maximum Gasteiger partial charge on any atom is 0.123 e. The molecule has 3 heteroatoms. The lowest BCUT2D eigenvalue weighted by Gasteiger charge is -1.98. The van der Waals surface area contributed by atoms with E-state index in [1.807, 2.05) is 27.6 Å². The lowest BCUT2D eigenvalue weighted by molar-refractivity contribution is -0.0979. The molecule has 0 bridgehead atoms. The van der Waals surface area contributed by atoms with Crippen molar-refractivity contribution in [2.45, 2.75) is 27.2 Å². The van der Waals surface area contributed by atoms with Gasteiger partial charge in [-0.1, -0.05) is 32.4 Å². The average molecular weight is 219 g/mol. The Morgan fingerprint density at radius 3 is 2.21 bits per heavy atom. The molecule has 0 atom stereocenters. The van der Waals surface area contributed by atoms with E-state index in [0.717, 1.165) is 12.0 Å². The van der Waals surface area contributed by atoms with Crippen LogP contribution in [0.4, 0.5) is 4.39 Å². The first-order valence-electron chi connectivity index (χ1n) is 4.47. The Morgan fingerprint density at radius 2 is 1.86 bits per heavy atom.